The van der Waals surface area contributed by atoms with E-state index in [1.54, 1.807) is 0 Å². The molecule has 0 unspecified atom stereocenters. The Morgan fingerprint density at radius 2 is 1.61 bits per heavy atom. The number of nitrogens with zero attached hydrogens (tertiary/aromatic N) is 2. The smallest absolute Gasteiger partial charge is 0.253 e. The van der Waals surface area contributed by atoms with Crippen LogP contribution in [0.25, 0.3) is 0 Å². The SMILES string of the molecule is FC(F)(F)c1ccc2c(c1)=NC1(CCCCC1)N=2. The van der Waals surface area contributed by atoms with Gasteiger partial charge >= 0.3 is 6.18 Å². The maximum absolute atomic E-state index is 12.6. The summed E-state index contributed by atoms with van der Waals surface area (Å²) in [4.78, 5) is 8.98. The number of halogens is 3. The van der Waals surface area contributed by atoms with E-state index in [-0.39, 0.29) is 0 Å². The Balaban J connectivity index is 2.07. The van der Waals surface area contributed by atoms with Gasteiger partial charge in [0.2, 0.25) is 0 Å². The summed E-state index contributed by atoms with van der Waals surface area (Å²) < 4.78 is 37.9. The lowest BCUT2D eigenvalue weighted by Gasteiger charge is -2.27. The van der Waals surface area contributed by atoms with Crippen LogP contribution in [0.15, 0.2) is 28.2 Å². The van der Waals surface area contributed by atoms with Gasteiger partial charge in [0.15, 0.2) is 5.66 Å². The summed E-state index contributed by atoms with van der Waals surface area (Å²) in [6, 6.07) is 3.63. The molecule has 1 aromatic carbocycles. The molecule has 1 aromatic rings. The molecule has 2 nitrogen and oxygen atoms in total. The molecule has 5 heteroatoms. The van der Waals surface area contributed by atoms with Crippen LogP contribution < -0.4 is 10.7 Å². The number of alkyl halides is 3. The van der Waals surface area contributed by atoms with E-state index < -0.39 is 17.4 Å². The quantitative estimate of drug-likeness (QED) is 0.680. The predicted molar refractivity (Wildman–Crippen MR) is 59.6 cm³/mol. The summed E-state index contributed by atoms with van der Waals surface area (Å²) in [5.41, 5.74) is -1.11. The Morgan fingerprint density at radius 3 is 2.28 bits per heavy atom. The molecule has 96 valence electrons. The number of rotatable bonds is 0. The zero-order chi connectivity index (χ0) is 12.8. The molecule has 0 aromatic heterocycles. The normalized spacial score (nSPS) is 21.3. The minimum Gasteiger partial charge on any atom is -0.253 e. The van der Waals surface area contributed by atoms with E-state index in [2.05, 4.69) is 9.98 Å². The Kier molecular flexibility index (Phi) is 2.47. The molecular formula is C13H13F3N2. The molecule has 2 aliphatic rings. The summed E-state index contributed by atoms with van der Waals surface area (Å²) in [6.45, 7) is 0. The summed E-state index contributed by atoms with van der Waals surface area (Å²) in [5, 5.41) is 0.997. The lowest BCUT2D eigenvalue weighted by atomic mass is 9.90. The highest BCUT2D eigenvalue weighted by atomic mass is 19.4. The minimum absolute atomic E-state index is 0.395. The molecule has 0 N–H and O–H groups in total. The zero-order valence-electron chi connectivity index (χ0n) is 9.80. The first-order valence-corrected chi connectivity index (χ1v) is 6.16. The van der Waals surface area contributed by atoms with Gasteiger partial charge in [-0.05, 0) is 43.9 Å². The third-order valence-corrected chi connectivity index (χ3v) is 3.61. The average molecular weight is 254 g/mol. The fraction of sp³-hybridized carbons (Fsp3) is 0.538. The van der Waals surface area contributed by atoms with Crippen molar-refractivity contribution >= 4 is 0 Å². The minimum atomic E-state index is -4.31. The van der Waals surface area contributed by atoms with Gasteiger partial charge in [0.1, 0.15) is 0 Å². The number of hydrogen-bond donors (Lipinski definition) is 0. The molecular weight excluding hydrogens is 241 g/mol. The van der Waals surface area contributed by atoms with Gasteiger partial charge in [0.05, 0.1) is 16.3 Å². The predicted octanol–water partition coefficient (Wildman–Crippen LogP) is 2.62. The highest BCUT2D eigenvalue weighted by Crippen LogP contribution is 2.33. The molecule has 1 aliphatic carbocycles. The molecule has 1 aliphatic heterocycles. The topological polar surface area (TPSA) is 24.7 Å². The molecule has 1 fully saturated rings. The van der Waals surface area contributed by atoms with Crippen LogP contribution in [-0.4, -0.2) is 5.66 Å². The Bertz CT molecular complexity index is 583. The Morgan fingerprint density at radius 1 is 0.944 bits per heavy atom. The highest BCUT2D eigenvalue weighted by molar-refractivity contribution is 5.20. The van der Waals surface area contributed by atoms with E-state index in [1.807, 2.05) is 0 Å². The van der Waals surface area contributed by atoms with Gasteiger partial charge in [-0.1, -0.05) is 6.42 Å². The largest absolute Gasteiger partial charge is 0.416 e. The van der Waals surface area contributed by atoms with Crippen LogP contribution in [0.2, 0.25) is 0 Å². The van der Waals surface area contributed by atoms with Crippen molar-refractivity contribution in [2.45, 2.75) is 43.9 Å². The van der Waals surface area contributed by atoms with Crippen molar-refractivity contribution < 1.29 is 13.2 Å². The fourth-order valence-corrected chi connectivity index (χ4v) is 2.70. The van der Waals surface area contributed by atoms with Crippen LogP contribution in [-0.2, 0) is 6.18 Å². The lowest BCUT2D eigenvalue weighted by Crippen LogP contribution is -2.26. The van der Waals surface area contributed by atoms with Gasteiger partial charge in [-0.3, -0.25) is 9.98 Å². The number of fused-ring (bicyclic) bond motifs is 1. The summed E-state index contributed by atoms with van der Waals surface area (Å²) in [5.74, 6) is 0. The van der Waals surface area contributed by atoms with Crippen molar-refractivity contribution in [2.75, 3.05) is 0 Å². The van der Waals surface area contributed by atoms with Crippen LogP contribution in [0.1, 0.15) is 37.7 Å². The monoisotopic (exact) mass is 254 g/mol. The molecule has 0 saturated heterocycles. The van der Waals surface area contributed by atoms with Crippen molar-refractivity contribution in [3.8, 4) is 0 Å². The molecule has 3 rings (SSSR count). The zero-order valence-corrected chi connectivity index (χ0v) is 9.80. The van der Waals surface area contributed by atoms with Crippen LogP contribution in [0.4, 0.5) is 13.2 Å². The second-order valence-electron chi connectivity index (χ2n) is 4.97. The van der Waals surface area contributed by atoms with Crippen LogP contribution >= 0.6 is 0 Å². The van der Waals surface area contributed by atoms with E-state index in [0.717, 1.165) is 44.2 Å². The Labute approximate surface area is 102 Å². The molecule has 1 heterocycles. The molecule has 0 atom stereocenters. The fourth-order valence-electron chi connectivity index (χ4n) is 2.70. The van der Waals surface area contributed by atoms with Crippen molar-refractivity contribution in [2.24, 2.45) is 9.98 Å². The molecule has 18 heavy (non-hydrogen) atoms. The van der Waals surface area contributed by atoms with Gasteiger partial charge < -0.3 is 0 Å². The van der Waals surface area contributed by atoms with Gasteiger partial charge in [0, 0.05) is 0 Å². The van der Waals surface area contributed by atoms with Crippen LogP contribution in [0.3, 0.4) is 0 Å². The van der Waals surface area contributed by atoms with E-state index in [0.29, 0.717) is 10.7 Å². The van der Waals surface area contributed by atoms with E-state index >= 15 is 0 Å². The van der Waals surface area contributed by atoms with Gasteiger partial charge in [-0.25, -0.2) is 0 Å². The first-order chi connectivity index (χ1) is 8.49. The summed E-state index contributed by atoms with van der Waals surface area (Å²) in [7, 11) is 0. The second-order valence-corrected chi connectivity index (χ2v) is 4.97. The van der Waals surface area contributed by atoms with E-state index in [1.165, 1.54) is 6.07 Å². The summed E-state index contributed by atoms with van der Waals surface area (Å²) >= 11 is 0. The van der Waals surface area contributed by atoms with Crippen molar-refractivity contribution in [1.29, 1.82) is 0 Å². The van der Waals surface area contributed by atoms with Crippen molar-refractivity contribution in [1.82, 2.24) is 0 Å². The van der Waals surface area contributed by atoms with Gasteiger partial charge in [-0.15, -0.1) is 0 Å². The molecule has 0 radical (unpaired) electrons. The maximum Gasteiger partial charge on any atom is 0.416 e. The number of hydrogen-bond acceptors (Lipinski definition) is 2. The van der Waals surface area contributed by atoms with Gasteiger partial charge in [-0.2, -0.15) is 13.2 Å². The second kappa shape index (κ2) is 3.80. The highest BCUT2D eigenvalue weighted by Gasteiger charge is 2.35. The first-order valence-electron chi connectivity index (χ1n) is 6.16. The van der Waals surface area contributed by atoms with E-state index in [4.69, 9.17) is 0 Å². The number of benzene rings is 1. The first kappa shape index (κ1) is 11.7. The maximum atomic E-state index is 12.6. The molecule has 1 spiro atoms. The summed E-state index contributed by atoms with van der Waals surface area (Å²) in [6.07, 6.45) is 0.649. The molecule has 0 amide bonds. The van der Waals surface area contributed by atoms with Crippen molar-refractivity contribution in [3.05, 3.63) is 34.5 Å². The lowest BCUT2D eigenvalue weighted by molar-refractivity contribution is -0.137. The van der Waals surface area contributed by atoms with Crippen molar-refractivity contribution in [3.63, 3.8) is 0 Å². The third kappa shape index (κ3) is 1.91. The standard InChI is InChI=1S/C13H13F3N2/c14-13(15,16)9-4-5-10-11(8-9)18-12(17-10)6-2-1-3-7-12/h4-5,8H,1-3,6-7H2. The average Bonchev–Trinajstić information content (AvgIpc) is 2.65. The van der Waals surface area contributed by atoms with Gasteiger partial charge in [0.25, 0.3) is 0 Å². The van der Waals surface area contributed by atoms with Crippen LogP contribution in [0, 0.1) is 0 Å². The third-order valence-electron chi connectivity index (χ3n) is 3.61. The molecule has 1 saturated carbocycles. The Hall–Kier alpha value is -1.39. The molecule has 0 bridgehead atoms. The van der Waals surface area contributed by atoms with Crippen LogP contribution in [0.5, 0.6) is 0 Å². The van der Waals surface area contributed by atoms with E-state index in [9.17, 15) is 13.2 Å².